The molecule has 1 N–H and O–H groups in total. The maximum Gasteiger partial charge on any atom is 0.125 e. The maximum absolute atomic E-state index is 10.8. The van der Waals surface area contributed by atoms with Crippen LogP contribution in [0.2, 0.25) is 0 Å². The lowest BCUT2D eigenvalue weighted by Crippen LogP contribution is -2.03. The summed E-state index contributed by atoms with van der Waals surface area (Å²) in [4.78, 5) is 0. The molecule has 0 amide bonds. The van der Waals surface area contributed by atoms with E-state index in [4.69, 9.17) is 4.74 Å². The largest absolute Gasteiger partial charge is 0.496 e. The van der Waals surface area contributed by atoms with Crippen molar-refractivity contribution in [1.82, 2.24) is 0 Å². The van der Waals surface area contributed by atoms with Crippen molar-refractivity contribution in [1.29, 1.82) is 0 Å². The second-order valence-corrected chi connectivity index (χ2v) is 6.08. The molecule has 1 unspecified atom stereocenters. The van der Waals surface area contributed by atoms with Crippen LogP contribution < -0.4 is 4.74 Å². The zero-order valence-electron chi connectivity index (χ0n) is 10.8. The van der Waals surface area contributed by atoms with E-state index < -0.39 is 6.10 Å². The summed E-state index contributed by atoms with van der Waals surface area (Å²) in [6, 6.07) is 11.9. The van der Waals surface area contributed by atoms with Gasteiger partial charge in [0.15, 0.2) is 0 Å². The third kappa shape index (κ3) is 2.24. The van der Waals surface area contributed by atoms with E-state index in [1.54, 1.807) is 18.4 Å². The van der Waals surface area contributed by atoms with Gasteiger partial charge in [-0.15, -0.1) is 0 Å². The Kier molecular flexibility index (Phi) is 3.78. The molecule has 0 aliphatic heterocycles. The quantitative estimate of drug-likeness (QED) is 0.739. The average Bonchev–Trinajstić information content (AvgIpc) is 2.91. The standard InChI is InChI=1S/C16H13BrO2S/c1-19-14-7-6-10-4-2-3-5-11(10)15(14)16(18)12-8-20-9-13(12)17/h2-9,16,18H,1H3. The Balaban J connectivity index is 2.26. The summed E-state index contributed by atoms with van der Waals surface area (Å²) in [6.07, 6.45) is -0.711. The number of fused-ring (bicyclic) bond motifs is 1. The van der Waals surface area contributed by atoms with Crippen molar-refractivity contribution in [2.24, 2.45) is 0 Å². The number of aliphatic hydroxyl groups excluding tert-OH is 1. The number of hydrogen-bond donors (Lipinski definition) is 1. The minimum atomic E-state index is -0.711. The van der Waals surface area contributed by atoms with Crippen LogP contribution >= 0.6 is 27.3 Å². The molecule has 3 rings (SSSR count). The van der Waals surface area contributed by atoms with Crippen LogP contribution in [0, 0.1) is 0 Å². The van der Waals surface area contributed by atoms with Crippen LogP contribution in [0.3, 0.4) is 0 Å². The first-order chi connectivity index (χ1) is 9.72. The summed E-state index contributed by atoms with van der Waals surface area (Å²) >= 11 is 5.04. The molecule has 0 bridgehead atoms. The van der Waals surface area contributed by atoms with Crippen LogP contribution in [0.15, 0.2) is 51.6 Å². The van der Waals surface area contributed by atoms with Gasteiger partial charge in [-0.05, 0) is 38.1 Å². The SMILES string of the molecule is COc1ccc2ccccc2c1C(O)c1cscc1Br. The van der Waals surface area contributed by atoms with Gasteiger partial charge in [0, 0.05) is 21.0 Å². The zero-order chi connectivity index (χ0) is 14.1. The maximum atomic E-state index is 10.8. The highest BCUT2D eigenvalue weighted by atomic mass is 79.9. The Morgan fingerprint density at radius 1 is 1.15 bits per heavy atom. The van der Waals surface area contributed by atoms with E-state index in [1.807, 2.05) is 47.2 Å². The molecule has 20 heavy (non-hydrogen) atoms. The van der Waals surface area contributed by atoms with Gasteiger partial charge in [0.05, 0.1) is 7.11 Å². The fourth-order valence-electron chi connectivity index (χ4n) is 2.38. The van der Waals surface area contributed by atoms with Gasteiger partial charge < -0.3 is 9.84 Å². The molecule has 0 saturated carbocycles. The Labute approximate surface area is 129 Å². The number of hydrogen-bond acceptors (Lipinski definition) is 3. The van der Waals surface area contributed by atoms with E-state index in [-0.39, 0.29) is 0 Å². The number of benzene rings is 2. The van der Waals surface area contributed by atoms with Gasteiger partial charge in [-0.25, -0.2) is 0 Å². The molecule has 0 aliphatic rings. The van der Waals surface area contributed by atoms with Crippen molar-refractivity contribution in [3.8, 4) is 5.75 Å². The third-order valence-corrected chi connectivity index (χ3v) is 5.11. The van der Waals surface area contributed by atoms with Crippen LogP contribution in [0.5, 0.6) is 5.75 Å². The first-order valence-electron chi connectivity index (χ1n) is 6.17. The zero-order valence-corrected chi connectivity index (χ0v) is 13.2. The second kappa shape index (κ2) is 5.56. The van der Waals surface area contributed by atoms with Gasteiger partial charge in [0.25, 0.3) is 0 Å². The highest BCUT2D eigenvalue weighted by Crippen LogP contribution is 2.39. The summed E-state index contributed by atoms with van der Waals surface area (Å²) in [5, 5.41) is 16.8. The highest BCUT2D eigenvalue weighted by Gasteiger charge is 2.21. The molecule has 0 spiro atoms. The predicted octanol–water partition coefficient (Wildman–Crippen LogP) is 4.75. The number of methoxy groups -OCH3 is 1. The first-order valence-corrected chi connectivity index (χ1v) is 7.91. The number of ether oxygens (including phenoxy) is 1. The van der Waals surface area contributed by atoms with E-state index in [0.717, 1.165) is 26.4 Å². The van der Waals surface area contributed by atoms with Crippen molar-refractivity contribution in [2.45, 2.75) is 6.10 Å². The molecule has 3 aromatic rings. The molecule has 102 valence electrons. The summed E-state index contributed by atoms with van der Waals surface area (Å²) in [5.74, 6) is 0.703. The Morgan fingerprint density at radius 3 is 2.65 bits per heavy atom. The normalized spacial score (nSPS) is 12.6. The van der Waals surface area contributed by atoms with Crippen LogP contribution in [0.1, 0.15) is 17.2 Å². The molecule has 0 saturated heterocycles. The Morgan fingerprint density at radius 2 is 1.95 bits per heavy atom. The molecule has 1 atom stereocenters. The summed E-state index contributed by atoms with van der Waals surface area (Å²) in [7, 11) is 1.63. The predicted molar refractivity (Wildman–Crippen MR) is 86.6 cm³/mol. The van der Waals surface area contributed by atoms with Crippen LogP contribution in [0.25, 0.3) is 10.8 Å². The molecule has 0 radical (unpaired) electrons. The van der Waals surface area contributed by atoms with Crippen molar-refractivity contribution in [2.75, 3.05) is 7.11 Å². The van der Waals surface area contributed by atoms with Crippen LogP contribution in [-0.4, -0.2) is 12.2 Å². The van der Waals surface area contributed by atoms with Crippen LogP contribution in [0.4, 0.5) is 0 Å². The summed E-state index contributed by atoms with van der Waals surface area (Å²) in [6.45, 7) is 0. The fraction of sp³-hybridized carbons (Fsp3) is 0.125. The van der Waals surface area contributed by atoms with Crippen molar-refractivity contribution >= 4 is 38.0 Å². The molecule has 2 nitrogen and oxygen atoms in total. The highest BCUT2D eigenvalue weighted by molar-refractivity contribution is 9.10. The molecular formula is C16H13BrO2S. The van der Waals surface area contributed by atoms with E-state index in [9.17, 15) is 5.11 Å². The summed E-state index contributed by atoms with van der Waals surface area (Å²) in [5.41, 5.74) is 1.68. The van der Waals surface area contributed by atoms with E-state index >= 15 is 0 Å². The Hall–Kier alpha value is -1.36. The van der Waals surface area contributed by atoms with E-state index in [1.165, 1.54) is 0 Å². The molecule has 0 aliphatic carbocycles. The lowest BCUT2D eigenvalue weighted by molar-refractivity contribution is 0.216. The lowest BCUT2D eigenvalue weighted by atomic mass is 9.96. The van der Waals surface area contributed by atoms with Gasteiger partial charge in [0.2, 0.25) is 0 Å². The molecule has 2 aromatic carbocycles. The van der Waals surface area contributed by atoms with Gasteiger partial charge >= 0.3 is 0 Å². The van der Waals surface area contributed by atoms with Crippen molar-refractivity contribution in [3.63, 3.8) is 0 Å². The van der Waals surface area contributed by atoms with Gasteiger partial charge in [-0.2, -0.15) is 11.3 Å². The minimum Gasteiger partial charge on any atom is -0.496 e. The Bertz CT molecular complexity index is 751. The topological polar surface area (TPSA) is 29.5 Å². The van der Waals surface area contributed by atoms with E-state index in [0.29, 0.717) is 5.75 Å². The minimum absolute atomic E-state index is 0.703. The monoisotopic (exact) mass is 348 g/mol. The third-order valence-electron chi connectivity index (χ3n) is 3.36. The molecular weight excluding hydrogens is 336 g/mol. The van der Waals surface area contributed by atoms with Crippen molar-refractivity contribution < 1.29 is 9.84 Å². The lowest BCUT2D eigenvalue weighted by Gasteiger charge is -2.17. The number of thiophene rings is 1. The second-order valence-electron chi connectivity index (χ2n) is 4.48. The summed E-state index contributed by atoms with van der Waals surface area (Å²) < 4.78 is 6.36. The van der Waals surface area contributed by atoms with Gasteiger partial charge in [-0.1, -0.05) is 30.3 Å². The van der Waals surface area contributed by atoms with Gasteiger partial charge in [0.1, 0.15) is 11.9 Å². The molecule has 0 fully saturated rings. The average molecular weight is 349 g/mol. The number of halogens is 1. The number of aliphatic hydroxyl groups is 1. The molecule has 4 heteroatoms. The smallest absolute Gasteiger partial charge is 0.125 e. The number of rotatable bonds is 3. The molecule has 1 aromatic heterocycles. The fourth-order valence-corrected chi connectivity index (χ4v) is 3.91. The van der Waals surface area contributed by atoms with Crippen LogP contribution in [-0.2, 0) is 0 Å². The first kappa shape index (κ1) is 13.6. The van der Waals surface area contributed by atoms with Gasteiger partial charge in [-0.3, -0.25) is 0 Å². The van der Waals surface area contributed by atoms with Crippen molar-refractivity contribution in [3.05, 3.63) is 62.8 Å². The molecule has 1 heterocycles. The van der Waals surface area contributed by atoms with E-state index in [2.05, 4.69) is 15.9 Å².